The summed E-state index contributed by atoms with van der Waals surface area (Å²) in [7, 11) is 1.26. The van der Waals surface area contributed by atoms with Crippen LogP contribution in [0.4, 0.5) is 0 Å². The summed E-state index contributed by atoms with van der Waals surface area (Å²) >= 11 is 0. The van der Waals surface area contributed by atoms with Crippen LogP contribution >= 0.6 is 0 Å². The van der Waals surface area contributed by atoms with Crippen molar-refractivity contribution in [3.05, 3.63) is 59.7 Å². The van der Waals surface area contributed by atoms with Gasteiger partial charge in [0.05, 0.1) is 26.9 Å². The molecule has 1 heterocycles. The average Bonchev–Trinajstić information content (AvgIpc) is 3.10. The van der Waals surface area contributed by atoms with E-state index in [1.54, 1.807) is 32.4 Å². The molecule has 2 atom stereocenters. The summed E-state index contributed by atoms with van der Waals surface area (Å²) in [4.78, 5) is 5.56. The number of hydroxylamine groups is 2. The zero-order valence-corrected chi connectivity index (χ0v) is 17.1. The van der Waals surface area contributed by atoms with Crippen LogP contribution < -0.4 is 14.2 Å². The first-order valence-electron chi connectivity index (χ1n) is 9.05. The van der Waals surface area contributed by atoms with E-state index in [1.165, 1.54) is 0 Å². The summed E-state index contributed by atoms with van der Waals surface area (Å²) < 4.78 is 39.3. The molecule has 0 aliphatic carbocycles. The molecule has 2 aromatic carbocycles. The van der Waals surface area contributed by atoms with Crippen LogP contribution in [0, 0.1) is 0 Å². The number of sulfonamides is 1. The fraction of sp³-hybridized carbons (Fsp3) is 0.400. The minimum Gasteiger partial charge on any atom is -0.497 e. The molecule has 0 saturated carbocycles. The van der Waals surface area contributed by atoms with E-state index in [-0.39, 0.29) is 6.61 Å². The van der Waals surface area contributed by atoms with Gasteiger partial charge in [-0.15, -0.1) is 0 Å². The van der Waals surface area contributed by atoms with Crippen LogP contribution in [0.2, 0.25) is 0 Å². The molecule has 0 bridgehead atoms. The number of hydrogen-bond acceptors (Lipinski definition) is 6. The average molecular weight is 407 g/mol. The lowest BCUT2D eigenvalue weighted by atomic mass is 10.0. The van der Waals surface area contributed by atoms with Crippen LogP contribution in [-0.2, 0) is 21.3 Å². The quantitative estimate of drug-likeness (QED) is 0.724. The molecule has 1 N–H and O–H groups in total. The van der Waals surface area contributed by atoms with Crippen LogP contribution in [0.5, 0.6) is 11.5 Å². The van der Waals surface area contributed by atoms with Crippen molar-refractivity contribution in [2.75, 3.05) is 34.4 Å². The summed E-state index contributed by atoms with van der Waals surface area (Å²) in [6.07, 6.45) is 0.626. The lowest BCUT2D eigenvalue weighted by Gasteiger charge is -2.24. The molecule has 1 fully saturated rings. The van der Waals surface area contributed by atoms with Crippen LogP contribution in [0.15, 0.2) is 48.5 Å². The van der Waals surface area contributed by atoms with Crippen molar-refractivity contribution in [3.8, 4) is 11.5 Å². The van der Waals surface area contributed by atoms with Crippen molar-refractivity contribution in [2.24, 2.45) is 0 Å². The second-order valence-electron chi connectivity index (χ2n) is 6.65. The zero-order chi connectivity index (χ0) is 20.1. The highest BCUT2D eigenvalue weighted by Crippen LogP contribution is 2.36. The summed E-state index contributed by atoms with van der Waals surface area (Å²) in [5.41, 5.74) is 1.84. The number of ether oxygens (including phenoxy) is 2. The van der Waals surface area contributed by atoms with Gasteiger partial charge in [0.25, 0.3) is 0 Å². The fourth-order valence-electron chi connectivity index (χ4n) is 3.37. The Morgan fingerprint density at radius 1 is 1.11 bits per heavy atom. The standard InChI is InChI=1S/C20H26N2O5S/c1-22-20(16-11-17(25-2)13-18(12-16)26-3)19(14-27-22)28(23,24)21-10-9-15-7-5-4-6-8-15/h4-8,11-13,19-21H,9-10,14H2,1-3H3/t19-,20+/m1/s1. The smallest absolute Gasteiger partial charge is 0.218 e. The molecule has 0 amide bonds. The van der Waals surface area contributed by atoms with Crippen molar-refractivity contribution < 1.29 is 22.7 Å². The Bertz CT molecular complexity index is 866. The second-order valence-corrected chi connectivity index (χ2v) is 8.63. The van der Waals surface area contributed by atoms with E-state index < -0.39 is 21.3 Å². The van der Waals surface area contributed by atoms with E-state index in [1.807, 2.05) is 42.5 Å². The summed E-state index contributed by atoms with van der Waals surface area (Å²) in [6, 6.07) is 14.7. The van der Waals surface area contributed by atoms with E-state index in [9.17, 15) is 8.42 Å². The molecule has 7 nitrogen and oxygen atoms in total. The maximum Gasteiger partial charge on any atom is 0.218 e. The minimum absolute atomic E-state index is 0.0847. The Kier molecular flexibility index (Phi) is 6.56. The zero-order valence-electron chi connectivity index (χ0n) is 16.3. The summed E-state index contributed by atoms with van der Waals surface area (Å²) in [6.45, 7) is 0.419. The predicted molar refractivity (Wildman–Crippen MR) is 107 cm³/mol. The van der Waals surface area contributed by atoms with E-state index in [0.717, 1.165) is 11.1 Å². The Morgan fingerprint density at radius 3 is 2.36 bits per heavy atom. The minimum atomic E-state index is -3.60. The molecule has 0 spiro atoms. The van der Waals surface area contributed by atoms with Crippen LogP contribution in [0.3, 0.4) is 0 Å². The number of methoxy groups -OCH3 is 2. The SMILES string of the molecule is COc1cc(OC)cc([C@H]2[C@H](S(=O)(=O)NCCc3ccccc3)CON2C)c1. The van der Waals surface area contributed by atoms with Gasteiger partial charge in [-0.2, -0.15) is 5.06 Å². The van der Waals surface area contributed by atoms with Crippen LogP contribution in [0.1, 0.15) is 17.2 Å². The molecule has 1 aliphatic rings. The van der Waals surface area contributed by atoms with Gasteiger partial charge >= 0.3 is 0 Å². The highest BCUT2D eigenvalue weighted by atomic mass is 32.2. The van der Waals surface area contributed by atoms with Crippen molar-refractivity contribution in [3.63, 3.8) is 0 Å². The normalized spacial score (nSPS) is 20.2. The fourth-order valence-corrected chi connectivity index (χ4v) is 4.88. The highest BCUT2D eigenvalue weighted by molar-refractivity contribution is 7.90. The first-order chi connectivity index (χ1) is 13.4. The van der Waals surface area contributed by atoms with Gasteiger partial charge in [0.15, 0.2) is 0 Å². The topological polar surface area (TPSA) is 77.1 Å². The van der Waals surface area contributed by atoms with Gasteiger partial charge in [0.1, 0.15) is 16.7 Å². The number of benzene rings is 2. The maximum absolute atomic E-state index is 13.0. The van der Waals surface area contributed by atoms with Gasteiger partial charge in [-0.1, -0.05) is 30.3 Å². The Hall–Kier alpha value is -2.13. The Morgan fingerprint density at radius 2 is 1.75 bits per heavy atom. The van der Waals surface area contributed by atoms with E-state index in [2.05, 4.69) is 4.72 Å². The Labute approximate surface area is 166 Å². The molecule has 152 valence electrons. The third-order valence-electron chi connectivity index (χ3n) is 4.86. The summed E-state index contributed by atoms with van der Waals surface area (Å²) in [5.74, 6) is 1.20. The van der Waals surface area contributed by atoms with Crippen LogP contribution in [0.25, 0.3) is 0 Å². The second kappa shape index (κ2) is 8.91. The molecule has 28 heavy (non-hydrogen) atoms. The molecule has 2 aromatic rings. The molecule has 1 aliphatic heterocycles. The van der Waals surface area contributed by atoms with Gasteiger partial charge in [0, 0.05) is 19.7 Å². The third kappa shape index (κ3) is 4.64. The van der Waals surface area contributed by atoms with Gasteiger partial charge in [-0.25, -0.2) is 13.1 Å². The van der Waals surface area contributed by atoms with Gasteiger partial charge in [0.2, 0.25) is 10.0 Å². The van der Waals surface area contributed by atoms with Crippen molar-refractivity contribution in [1.29, 1.82) is 0 Å². The predicted octanol–water partition coefficient (Wildman–Crippen LogP) is 2.15. The van der Waals surface area contributed by atoms with E-state index in [4.69, 9.17) is 14.3 Å². The summed E-state index contributed by atoms with van der Waals surface area (Å²) in [5, 5.41) is 0.833. The molecule has 0 aromatic heterocycles. The number of hydrogen-bond donors (Lipinski definition) is 1. The monoisotopic (exact) mass is 406 g/mol. The number of nitrogens with one attached hydrogen (secondary N) is 1. The molecule has 0 unspecified atom stereocenters. The third-order valence-corrected chi connectivity index (χ3v) is 6.66. The van der Waals surface area contributed by atoms with Crippen molar-refractivity contribution >= 4 is 10.0 Å². The van der Waals surface area contributed by atoms with E-state index >= 15 is 0 Å². The van der Waals surface area contributed by atoms with Crippen molar-refractivity contribution in [2.45, 2.75) is 17.7 Å². The van der Waals surface area contributed by atoms with Crippen LogP contribution in [-0.4, -0.2) is 53.1 Å². The van der Waals surface area contributed by atoms with E-state index in [0.29, 0.717) is 24.5 Å². The first kappa shape index (κ1) is 20.6. The van der Waals surface area contributed by atoms with Gasteiger partial charge in [-0.3, -0.25) is 4.84 Å². The highest BCUT2D eigenvalue weighted by Gasteiger charge is 2.43. The largest absolute Gasteiger partial charge is 0.497 e. The molecule has 1 saturated heterocycles. The number of nitrogens with zero attached hydrogens (tertiary/aromatic N) is 1. The Balaban J connectivity index is 1.78. The molecule has 0 radical (unpaired) electrons. The maximum atomic E-state index is 13.0. The lowest BCUT2D eigenvalue weighted by molar-refractivity contribution is -0.110. The number of rotatable bonds is 8. The van der Waals surface area contributed by atoms with Gasteiger partial charge < -0.3 is 9.47 Å². The molecule has 3 rings (SSSR count). The lowest BCUT2D eigenvalue weighted by Crippen LogP contribution is -2.40. The molecule has 8 heteroatoms. The molecular formula is C20H26N2O5S. The first-order valence-corrected chi connectivity index (χ1v) is 10.6. The van der Waals surface area contributed by atoms with Gasteiger partial charge in [-0.05, 0) is 29.7 Å². The molecular weight excluding hydrogens is 380 g/mol. The van der Waals surface area contributed by atoms with Crippen molar-refractivity contribution in [1.82, 2.24) is 9.79 Å².